The molecule has 0 bridgehead atoms. The molecule has 2 aromatic rings. The molecule has 2 nitrogen and oxygen atoms in total. The zero-order valence-electron chi connectivity index (χ0n) is 11.5. The van der Waals surface area contributed by atoms with Gasteiger partial charge in [0.05, 0.1) is 0 Å². The van der Waals surface area contributed by atoms with Crippen LogP contribution in [0.2, 0.25) is 0 Å². The predicted molar refractivity (Wildman–Crippen MR) is 81.0 cm³/mol. The molecule has 0 aliphatic heterocycles. The maximum atomic E-state index is 10.9. The largest absolute Gasteiger partial charge is 0.359 e. The van der Waals surface area contributed by atoms with Crippen LogP contribution in [0.1, 0.15) is 22.6 Å². The second-order valence-electron chi connectivity index (χ2n) is 4.79. The Morgan fingerprint density at radius 3 is 2.35 bits per heavy atom. The van der Waals surface area contributed by atoms with Crippen LogP contribution in [-0.2, 0) is 11.2 Å². The van der Waals surface area contributed by atoms with Crippen molar-refractivity contribution in [3.63, 3.8) is 0 Å². The van der Waals surface area contributed by atoms with Crippen molar-refractivity contribution in [3.8, 4) is 11.8 Å². The van der Waals surface area contributed by atoms with Gasteiger partial charge in [-0.05, 0) is 30.4 Å². The van der Waals surface area contributed by atoms with E-state index < -0.39 is 5.91 Å². The number of carbonyl (C=O) groups excluding carboxylic acids is 1. The van der Waals surface area contributed by atoms with Crippen molar-refractivity contribution in [2.45, 2.75) is 19.3 Å². The average molecular weight is 263 g/mol. The van der Waals surface area contributed by atoms with E-state index in [1.807, 2.05) is 30.3 Å². The smallest absolute Gasteiger partial charge is 0.293 e. The molecule has 1 unspecified atom stereocenters. The van der Waals surface area contributed by atoms with Gasteiger partial charge < -0.3 is 5.73 Å². The van der Waals surface area contributed by atoms with E-state index in [-0.39, 0.29) is 5.92 Å². The molecular weight excluding hydrogens is 246 g/mol. The molecule has 0 aromatic heterocycles. The molecule has 100 valence electrons. The fourth-order valence-electron chi connectivity index (χ4n) is 2.06. The molecule has 0 spiro atoms. The zero-order valence-corrected chi connectivity index (χ0v) is 11.5. The van der Waals surface area contributed by atoms with E-state index in [0.717, 1.165) is 12.0 Å². The quantitative estimate of drug-likeness (QED) is 0.850. The van der Waals surface area contributed by atoms with Crippen LogP contribution in [-0.4, -0.2) is 5.91 Å². The lowest BCUT2D eigenvalue weighted by atomic mass is 9.92. The van der Waals surface area contributed by atoms with Gasteiger partial charge in [0.15, 0.2) is 0 Å². The molecule has 2 aromatic carbocycles. The summed E-state index contributed by atoms with van der Waals surface area (Å²) in [7, 11) is 0. The third kappa shape index (κ3) is 4.00. The molecule has 2 rings (SSSR count). The first-order valence-corrected chi connectivity index (χ1v) is 6.56. The lowest BCUT2D eigenvalue weighted by molar-refractivity contribution is -0.112. The molecule has 0 radical (unpaired) electrons. The summed E-state index contributed by atoms with van der Waals surface area (Å²) in [5.41, 5.74) is 8.65. The van der Waals surface area contributed by atoms with E-state index in [1.165, 1.54) is 11.1 Å². The van der Waals surface area contributed by atoms with E-state index >= 15 is 0 Å². The van der Waals surface area contributed by atoms with Gasteiger partial charge in [0, 0.05) is 5.92 Å². The van der Waals surface area contributed by atoms with Gasteiger partial charge in [0.2, 0.25) is 0 Å². The van der Waals surface area contributed by atoms with E-state index in [2.05, 4.69) is 43.0 Å². The first-order valence-electron chi connectivity index (χ1n) is 6.56. The number of rotatable bonds is 3. The standard InChI is InChI=1S/C18H17NO/c1-14-7-9-15(10-8-14)13-17(11-12-18(19)20)16-5-3-2-4-6-16/h2-10,17H,13H2,1H3,(H2,19,20). The average Bonchev–Trinajstić information content (AvgIpc) is 2.46. The van der Waals surface area contributed by atoms with E-state index in [4.69, 9.17) is 5.73 Å². The fraction of sp³-hybridized carbons (Fsp3) is 0.167. The monoisotopic (exact) mass is 263 g/mol. The maximum absolute atomic E-state index is 10.9. The van der Waals surface area contributed by atoms with Crippen LogP contribution in [0.5, 0.6) is 0 Å². The number of benzene rings is 2. The van der Waals surface area contributed by atoms with Gasteiger partial charge in [-0.3, -0.25) is 4.79 Å². The van der Waals surface area contributed by atoms with Gasteiger partial charge in [-0.15, -0.1) is 0 Å². The van der Waals surface area contributed by atoms with Crippen LogP contribution in [0.25, 0.3) is 0 Å². The number of hydrogen-bond donors (Lipinski definition) is 1. The van der Waals surface area contributed by atoms with Crippen molar-refractivity contribution in [1.29, 1.82) is 0 Å². The molecule has 0 fully saturated rings. The van der Waals surface area contributed by atoms with Gasteiger partial charge in [-0.1, -0.05) is 66.1 Å². The van der Waals surface area contributed by atoms with Crippen molar-refractivity contribution in [1.82, 2.24) is 0 Å². The first kappa shape index (κ1) is 13.9. The van der Waals surface area contributed by atoms with Crippen LogP contribution < -0.4 is 5.73 Å². The van der Waals surface area contributed by atoms with Crippen molar-refractivity contribution in [3.05, 3.63) is 71.3 Å². The number of nitrogens with two attached hydrogens (primary N) is 1. The normalized spacial score (nSPS) is 11.2. The summed E-state index contributed by atoms with van der Waals surface area (Å²) in [5, 5.41) is 0. The summed E-state index contributed by atoms with van der Waals surface area (Å²) in [6, 6.07) is 18.3. The number of aryl methyl sites for hydroxylation is 1. The van der Waals surface area contributed by atoms with E-state index in [9.17, 15) is 4.79 Å². The Balaban J connectivity index is 2.26. The van der Waals surface area contributed by atoms with Crippen molar-refractivity contribution >= 4 is 5.91 Å². The van der Waals surface area contributed by atoms with E-state index in [0.29, 0.717) is 0 Å². The molecular formula is C18H17NO. The summed E-state index contributed by atoms with van der Waals surface area (Å²) in [4.78, 5) is 10.9. The van der Waals surface area contributed by atoms with Crippen LogP contribution in [0.4, 0.5) is 0 Å². The van der Waals surface area contributed by atoms with E-state index in [1.54, 1.807) is 0 Å². The van der Waals surface area contributed by atoms with Gasteiger partial charge in [0.25, 0.3) is 5.91 Å². The van der Waals surface area contributed by atoms with Crippen molar-refractivity contribution in [2.75, 3.05) is 0 Å². The van der Waals surface area contributed by atoms with Crippen LogP contribution in [0.15, 0.2) is 54.6 Å². The molecule has 0 saturated carbocycles. The van der Waals surface area contributed by atoms with Crippen LogP contribution in [0.3, 0.4) is 0 Å². The van der Waals surface area contributed by atoms with Gasteiger partial charge in [0.1, 0.15) is 0 Å². The highest BCUT2D eigenvalue weighted by molar-refractivity contribution is 5.92. The Kier molecular flexibility index (Phi) is 4.57. The number of primary amides is 1. The lowest BCUT2D eigenvalue weighted by Gasteiger charge is -2.11. The minimum atomic E-state index is -0.588. The molecule has 1 amide bonds. The third-order valence-electron chi connectivity index (χ3n) is 3.13. The summed E-state index contributed by atoms with van der Waals surface area (Å²) >= 11 is 0. The summed E-state index contributed by atoms with van der Waals surface area (Å²) in [6.07, 6.45) is 0.768. The Morgan fingerprint density at radius 2 is 1.75 bits per heavy atom. The molecule has 1 atom stereocenters. The molecule has 0 aliphatic carbocycles. The van der Waals surface area contributed by atoms with Crippen molar-refractivity contribution < 1.29 is 4.79 Å². The first-order chi connectivity index (χ1) is 9.65. The second kappa shape index (κ2) is 6.58. The number of amides is 1. The molecule has 0 aliphatic rings. The highest BCUT2D eigenvalue weighted by Gasteiger charge is 2.09. The zero-order chi connectivity index (χ0) is 14.4. The van der Waals surface area contributed by atoms with Crippen LogP contribution >= 0.6 is 0 Å². The Hall–Kier alpha value is -2.53. The summed E-state index contributed by atoms with van der Waals surface area (Å²) in [5.74, 6) is 4.83. The van der Waals surface area contributed by atoms with Crippen LogP contribution in [0, 0.1) is 18.8 Å². The Bertz CT molecular complexity index is 633. The third-order valence-corrected chi connectivity index (χ3v) is 3.13. The minimum Gasteiger partial charge on any atom is -0.359 e. The second-order valence-corrected chi connectivity index (χ2v) is 4.79. The Labute approximate surface area is 119 Å². The summed E-state index contributed by atoms with van der Waals surface area (Å²) in [6.45, 7) is 2.06. The maximum Gasteiger partial charge on any atom is 0.293 e. The lowest BCUT2D eigenvalue weighted by Crippen LogP contribution is -2.08. The molecule has 0 heterocycles. The summed E-state index contributed by atoms with van der Waals surface area (Å²) < 4.78 is 0. The van der Waals surface area contributed by atoms with Crippen molar-refractivity contribution in [2.24, 2.45) is 5.73 Å². The number of carbonyl (C=O) groups is 1. The SMILES string of the molecule is Cc1ccc(CC(C#CC(N)=O)c2ccccc2)cc1. The van der Waals surface area contributed by atoms with Gasteiger partial charge in [-0.2, -0.15) is 0 Å². The highest BCUT2D eigenvalue weighted by atomic mass is 16.1. The molecule has 20 heavy (non-hydrogen) atoms. The highest BCUT2D eigenvalue weighted by Crippen LogP contribution is 2.20. The predicted octanol–water partition coefficient (Wildman–Crippen LogP) is 2.81. The minimum absolute atomic E-state index is 0.0218. The molecule has 2 heteroatoms. The van der Waals surface area contributed by atoms with Gasteiger partial charge >= 0.3 is 0 Å². The molecule has 2 N–H and O–H groups in total. The molecule has 0 saturated heterocycles. The Morgan fingerprint density at radius 1 is 1.10 bits per heavy atom. The topological polar surface area (TPSA) is 43.1 Å². The fourth-order valence-corrected chi connectivity index (χ4v) is 2.06. The van der Waals surface area contributed by atoms with Gasteiger partial charge in [-0.25, -0.2) is 0 Å². The number of hydrogen-bond acceptors (Lipinski definition) is 1.